The number of hydrogen-bond donors (Lipinski definition) is 1. The van der Waals surface area contributed by atoms with Gasteiger partial charge in [-0.2, -0.15) is 8.42 Å². The van der Waals surface area contributed by atoms with Gasteiger partial charge in [0, 0.05) is 0 Å². The Kier molecular flexibility index (Phi) is 8.86. The average Bonchev–Trinajstić information content (AvgIpc) is 2.83. The summed E-state index contributed by atoms with van der Waals surface area (Å²) in [6.07, 6.45) is -1.16. The summed E-state index contributed by atoms with van der Waals surface area (Å²) in [7, 11) is -4.00. The zero-order chi connectivity index (χ0) is 25.3. The summed E-state index contributed by atoms with van der Waals surface area (Å²) in [4.78, 5) is 24.7. The third-order valence-corrected chi connectivity index (χ3v) is 6.02. The van der Waals surface area contributed by atoms with E-state index in [2.05, 4.69) is 5.32 Å². The van der Waals surface area contributed by atoms with Crippen LogP contribution in [0.15, 0.2) is 89.8 Å². The van der Waals surface area contributed by atoms with Gasteiger partial charge in [-0.25, -0.2) is 4.79 Å². The smallest absolute Gasteiger partial charge is 0.407 e. The first-order chi connectivity index (χ1) is 16.7. The van der Waals surface area contributed by atoms with Crippen molar-refractivity contribution in [2.24, 2.45) is 0 Å². The lowest BCUT2D eigenvalue weighted by molar-refractivity contribution is -0.147. The van der Waals surface area contributed by atoms with Gasteiger partial charge >= 0.3 is 22.2 Å². The first-order valence-corrected chi connectivity index (χ1v) is 12.4. The molecule has 0 bridgehead atoms. The van der Waals surface area contributed by atoms with Crippen LogP contribution in [0.2, 0.25) is 0 Å². The summed E-state index contributed by atoms with van der Waals surface area (Å²) < 4.78 is 40.6. The number of alkyl carbamates (subject to hydrolysis) is 1. The third kappa shape index (κ3) is 8.15. The SMILES string of the molecule is CC(C)OC(=O)CC(NC(=O)OCc1ccccc1)c1ccc(OS(=O)(=O)c2ccccc2)cc1. The minimum absolute atomic E-state index is 0.0289. The normalized spacial score (nSPS) is 12.0. The number of hydrogen-bond acceptors (Lipinski definition) is 7. The lowest BCUT2D eigenvalue weighted by atomic mass is 10.0. The summed E-state index contributed by atoms with van der Waals surface area (Å²) in [5, 5.41) is 2.68. The van der Waals surface area contributed by atoms with Crippen LogP contribution in [0.1, 0.15) is 37.4 Å². The summed E-state index contributed by atoms with van der Waals surface area (Å²) in [5.74, 6) is -0.409. The van der Waals surface area contributed by atoms with E-state index in [-0.39, 0.29) is 29.8 Å². The van der Waals surface area contributed by atoms with Crippen molar-refractivity contribution in [3.05, 3.63) is 96.1 Å². The summed E-state index contributed by atoms with van der Waals surface area (Å²) in [6.45, 7) is 3.53. The molecule has 3 aromatic rings. The predicted molar refractivity (Wildman–Crippen MR) is 129 cm³/mol. The molecule has 1 amide bonds. The van der Waals surface area contributed by atoms with Crippen molar-refractivity contribution >= 4 is 22.2 Å². The highest BCUT2D eigenvalue weighted by molar-refractivity contribution is 7.87. The number of benzene rings is 3. The van der Waals surface area contributed by atoms with Gasteiger partial charge in [0.25, 0.3) is 0 Å². The van der Waals surface area contributed by atoms with E-state index in [1.54, 1.807) is 44.2 Å². The monoisotopic (exact) mass is 497 g/mol. The molecule has 0 heterocycles. The van der Waals surface area contributed by atoms with Crippen molar-refractivity contribution in [1.29, 1.82) is 0 Å². The fourth-order valence-electron chi connectivity index (χ4n) is 3.15. The topological polar surface area (TPSA) is 108 Å². The number of esters is 1. The van der Waals surface area contributed by atoms with E-state index < -0.39 is 28.2 Å². The highest BCUT2D eigenvalue weighted by Gasteiger charge is 2.22. The number of ether oxygens (including phenoxy) is 2. The molecule has 0 aliphatic heterocycles. The number of carbonyl (C=O) groups is 2. The Labute approximate surface area is 205 Å². The molecule has 0 radical (unpaired) electrons. The van der Waals surface area contributed by atoms with Gasteiger partial charge in [-0.3, -0.25) is 4.79 Å². The van der Waals surface area contributed by atoms with E-state index in [4.69, 9.17) is 13.7 Å². The molecule has 3 rings (SSSR count). The van der Waals surface area contributed by atoms with Crippen molar-refractivity contribution in [3.63, 3.8) is 0 Å². The second-order valence-corrected chi connectivity index (χ2v) is 9.47. The largest absolute Gasteiger partial charge is 0.463 e. The average molecular weight is 498 g/mol. The summed E-state index contributed by atoms with van der Waals surface area (Å²) in [6, 6.07) is 22.2. The van der Waals surface area contributed by atoms with Crippen molar-refractivity contribution in [2.45, 2.75) is 43.9 Å². The molecule has 0 saturated heterocycles. The summed E-state index contributed by atoms with van der Waals surface area (Å²) in [5.41, 5.74) is 1.37. The Bertz CT molecular complexity index is 1210. The maximum Gasteiger partial charge on any atom is 0.407 e. The van der Waals surface area contributed by atoms with Crippen LogP contribution in [0, 0.1) is 0 Å². The van der Waals surface area contributed by atoms with Gasteiger partial charge in [-0.15, -0.1) is 0 Å². The molecule has 1 unspecified atom stereocenters. The van der Waals surface area contributed by atoms with Crippen molar-refractivity contribution in [1.82, 2.24) is 5.32 Å². The molecule has 3 aromatic carbocycles. The van der Waals surface area contributed by atoms with E-state index in [0.717, 1.165) is 5.56 Å². The second-order valence-electron chi connectivity index (χ2n) is 7.92. The maximum atomic E-state index is 12.4. The van der Waals surface area contributed by atoms with Crippen LogP contribution in [0.25, 0.3) is 0 Å². The molecular formula is C26H27NO7S. The van der Waals surface area contributed by atoms with Crippen molar-refractivity contribution in [3.8, 4) is 5.75 Å². The number of rotatable bonds is 10. The molecular weight excluding hydrogens is 470 g/mol. The number of carbonyl (C=O) groups excluding carboxylic acids is 2. The molecule has 0 aliphatic carbocycles. The number of nitrogens with one attached hydrogen (secondary N) is 1. The van der Waals surface area contributed by atoms with Crippen LogP contribution in [0.5, 0.6) is 5.75 Å². The molecule has 0 spiro atoms. The third-order valence-electron chi connectivity index (χ3n) is 4.76. The van der Waals surface area contributed by atoms with E-state index in [0.29, 0.717) is 5.56 Å². The zero-order valence-corrected chi connectivity index (χ0v) is 20.2. The van der Waals surface area contributed by atoms with Crippen LogP contribution in [0.4, 0.5) is 4.79 Å². The molecule has 9 heteroatoms. The fraction of sp³-hybridized carbons (Fsp3) is 0.231. The lowest BCUT2D eigenvalue weighted by Crippen LogP contribution is -2.31. The standard InChI is InChI=1S/C26H27NO7S/c1-19(2)33-25(28)17-24(27-26(29)32-18-20-9-5-3-6-10-20)21-13-15-22(16-14-21)34-35(30,31)23-11-7-4-8-12-23/h3-16,19,24H,17-18H2,1-2H3,(H,27,29). The first-order valence-electron chi connectivity index (χ1n) is 11.0. The Hall–Kier alpha value is -3.85. The van der Waals surface area contributed by atoms with Crippen LogP contribution < -0.4 is 9.50 Å². The molecule has 35 heavy (non-hydrogen) atoms. The Morgan fingerprint density at radius 3 is 2.06 bits per heavy atom. The van der Waals surface area contributed by atoms with Gasteiger partial charge in [0.15, 0.2) is 0 Å². The van der Waals surface area contributed by atoms with E-state index in [9.17, 15) is 18.0 Å². The van der Waals surface area contributed by atoms with E-state index >= 15 is 0 Å². The molecule has 0 aromatic heterocycles. The van der Waals surface area contributed by atoms with Gasteiger partial charge in [0.05, 0.1) is 18.6 Å². The fourth-order valence-corrected chi connectivity index (χ4v) is 4.11. The Balaban J connectivity index is 1.71. The maximum absolute atomic E-state index is 12.4. The van der Waals surface area contributed by atoms with E-state index in [1.807, 2.05) is 30.3 Å². The van der Waals surface area contributed by atoms with Crippen LogP contribution in [0.3, 0.4) is 0 Å². The second kappa shape index (κ2) is 12.0. The lowest BCUT2D eigenvalue weighted by Gasteiger charge is -2.19. The molecule has 0 fully saturated rings. The highest BCUT2D eigenvalue weighted by Crippen LogP contribution is 2.24. The molecule has 0 aliphatic rings. The van der Waals surface area contributed by atoms with Crippen molar-refractivity contribution < 1.29 is 31.7 Å². The zero-order valence-electron chi connectivity index (χ0n) is 19.4. The minimum atomic E-state index is -4.00. The van der Waals surface area contributed by atoms with Crippen LogP contribution in [-0.4, -0.2) is 26.6 Å². The molecule has 1 N–H and O–H groups in total. The van der Waals surface area contributed by atoms with E-state index in [1.165, 1.54) is 24.3 Å². The highest BCUT2D eigenvalue weighted by atomic mass is 32.2. The van der Waals surface area contributed by atoms with Gasteiger partial charge in [0.1, 0.15) is 17.3 Å². The molecule has 184 valence electrons. The van der Waals surface area contributed by atoms with Gasteiger partial charge in [-0.05, 0) is 49.2 Å². The quantitative estimate of drug-likeness (QED) is 0.318. The molecule has 0 saturated carbocycles. The van der Waals surface area contributed by atoms with Crippen molar-refractivity contribution in [2.75, 3.05) is 0 Å². The van der Waals surface area contributed by atoms with Gasteiger partial charge < -0.3 is 19.0 Å². The molecule has 8 nitrogen and oxygen atoms in total. The minimum Gasteiger partial charge on any atom is -0.463 e. The number of amides is 1. The summed E-state index contributed by atoms with van der Waals surface area (Å²) >= 11 is 0. The Morgan fingerprint density at radius 2 is 1.46 bits per heavy atom. The first kappa shape index (κ1) is 25.8. The van der Waals surface area contributed by atoms with Crippen LogP contribution in [-0.2, 0) is 31.0 Å². The van der Waals surface area contributed by atoms with Gasteiger partial charge in [-0.1, -0.05) is 60.7 Å². The Morgan fingerprint density at radius 1 is 0.857 bits per heavy atom. The van der Waals surface area contributed by atoms with Gasteiger partial charge in [0.2, 0.25) is 0 Å². The predicted octanol–water partition coefficient (Wildman–Crippen LogP) is 4.76. The van der Waals surface area contributed by atoms with Crippen LogP contribution >= 0.6 is 0 Å². The molecule has 1 atom stereocenters.